The zero-order valence-electron chi connectivity index (χ0n) is 11.4. The summed E-state index contributed by atoms with van der Waals surface area (Å²) in [6, 6.07) is 0.349. The molecule has 100 valence electrons. The molecule has 0 aromatic rings. The van der Waals surface area contributed by atoms with Crippen molar-refractivity contribution in [3.63, 3.8) is 0 Å². The maximum absolute atomic E-state index is 11.7. The van der Waals surface area contributed by atoms with E-state index in [-0.39, 0.29) is 5.91 Å². The molecule has 1 aliphatic rings. The van der Waals surface area contributed by atoms with Crippen LogP contribution < -0.4 is 10.6 Å². The molecule has 1 amide bonds. The van der Waals surface area contributed by atoms with Gasteiger partial charge in [0.1, 0.15) is 0 Å². The lowest BCUT2D eigenvalue weighted by Gasteiger charge is -2.23. The van der Waals surface area contributed by atoms with E-state index in [9.17, 15) is 4.79 Å². The van der Waals surface area contributed by atoms with Gasteiger partial charge in [0, 0.05) is 19.0 Å². The van der Waals surface area contributed by atoms with Crippen LogP contribution in [0.25, 0.3) is 0 Å². The highest BCUT2D eigenvalue weighted by Gasteiger charge is 2.20. The molecule has 0 aliphatic heterocycles. The van der Waals surface area contributed by atoms with Crippen molar-refractivity contribution in [3.8, 4) is 0 Å². The fraction of sp³-hybridized carbons (Fsp3) is 0.929. The van der Waals surface area contributed by atoms with E-state index in [1.165, 1.54) is 38.5 Å². The number of amides is 1. The molecule has 1 rings (SSSR count). The third-order valence-electron chi connectivity index (χ3n) is 3.77. The van der Waals surface area contributed by atoms with E-state index >= 15 is 0 Å². The fourth-order valence-electron chi connectivity index (χ4n) is 2.63. The van der Waals surface area contributed by atoms with Crippen LogP contribution in [0.2, 0.25) is 0 Å². The Balaban J connectivity index is 2.21. The maximum Gasteiger partial charge on any atom is 0.221 e. The zero-order valence-corrected chi connectivity index (χ0v) is 11.4. The summed E-state index contributed by atoms with van der Waals surface area (Å²) in [5.74, 6) is 0.892. The van der Waals surface area contributed by atoms with Gasteiger partial charge in [-0.05, 0) is 32.2 Å². The van der Waals surface area contributed by atoms with Crippen molar-refractivity contribution in [3.05, 3.63) is 0 Å². The van der Waals surface area contributed by atoms with Crippen LogP contribution in [0.5, 0.6) is 0 Å². The quantitative estimate of drug-likeness (QED) is 0.553. The largest absolute Gasteiger partial charge is 0.353 e. The second kappa shape index (κ2) is 8.51. The highest BCUT2D eigenvalue weighted by atomic mass is 16.1. The Morgan fingerprint density at radius 3 is 2.47 bits per heavy atom. The predicted octanol–water partition coefficient (Wildman–Crippen LogP) is 2.46. The topological polar surface area (TPSA) is 41.1 Å². The van der Waals surface area contributed by atoms with Crippen LogP contribution >= 0.6 is 0 Å². The van der Waals surface area contributed by atoms with E-state index in [1.807, 2.05) is 0 Å². The van der Waals surface area contributed by atoms with E-state index in [0.29, 0.717) is 18.4 Å². The molecule has 1 saturated carbocycles. The third kappa shape index (κ3) is 6.06. The minimum atomic E-state index is 0.197. The lowest BCUT2D eigenvalue weighted by Crippen LogP contribution is -2.39. The summed E-state index contributed by atoms with van der Waals surface area (Å²) in [6.07, 6.45) is 8.59. The molecule has 17 heavy (non-hydrogen) atoms. The fourth-order valence-corrected chi connectivity index (χ4v) is 2.63. The first-order valence-electron chi connectivity index (χ1n) is 7.24. The number of carbonyl (C=O) groups excluding carboxylic acids is 1. The molecule has 0 radical (unpaired) electrons. The van der Waals surface area contributed by atoms with E-state index < -0.39 is 0 Å². The van der Waals surface area contributed by atoms with Crippen molar-refractivity contribution in [1.82, 2.24) is 10.6 Å². The summed E-state index contributed by atoms with van der Waals surface area (Å²) in [7, 11) is 0. The molecule has 0 aromatic heterocycles. The first-order valence-corrected chi connectivity index (χ1v) is 7.24. The molecule has 0 aromatic carbocycles. The lowest BCUT2D eigenvalue weighted by atomic mass is 9.93. The van der Waals surface area contributed by atoms with Gasteiger partial charge in [0.15, 0.2) is 0 Å². The summed E-state index contributed by atoms with van der Waals surface area (Å²) in [6.45, 7) is 5.96. The van der Waals surface area contributed by atoms with Crippen LogP contribution in [0.4, 0.5) is 0 Å². The molecule has 0 saturated heterocycles. The Bertz CT molecular complexity index is 210. The number of carbonyl (C=O) groups is 1. The van der Waals surface area contributed by atoms with Gasteiger partial charge >= 0.3 is 0 Å². The number of rotatable bonds is 6. The predicted molar refractivity (Wildman–Crippen MR) is 72.0 cm³/mol. The molecule has 3 nitrogen and oxygen atoms in total. The van der Waals surface area contributed by atoms with Crippen molar-refractivity contribution in [2.24, 2.45) is 5.92 Å². The van der Waals surface area contributed by atoms with Gasteiger partial charge in [-0.25, -0.2) is 0 Å². The average Bonchev–Trinajstić information content (AvgIpc) is 2.57. The minimum absolute atomic E-state index is 0.197. The van der Waals surface area contributed by atoms with Gasteiger partial charge in [-0.3, -0.25) is 4.79 Å². The number of hydrogen-bond donors (Lipinski definition) is 2. The summed E-state index contributed by atoms with van der Waals surface area (Å²) < 4.78 is 0. The summed E-state index contributed by atoms with van der Waals surface area (Å²) in [4.78, 5) is 11.7. The Hall–Kier alpha value is -0.570. The van der Waals surface area contributed by atoms with Gasteiger partial charge in [-0.2, -0.15) is 0 Å². The standard InChI is InChI=1S/C14H28N2O/c1-3-15-11-10-14(17)16-12(2)13-8-6-4-5-7-9-13/h12-13,15H,3-11H2,1-2H3,(H,16,17)/t12-/m1/s1. The normalized spacial score (nSPS) is 19.6. The van der Waals surface area contributed by atoms with Crippen LogP contribution in [0, 0.1) is 5.92 Å². The third-order valence-corrected chi connectivity index (χ3v) is 3.77. The minimum Gasteiger partial charge on any atom is -0.353 e. The highest BCUT2D eigenvalue weighted by molar-refractivity contribution is 5.76. The molecular weight excluding hydrogens is 212 g/mol. The maximum atomic E-state index is 11.7. The van der Waals surface area contributed by atoms with Crippen molar-refractivity contribution in [1.29, 1.82) is 0 Å². The molecule has 1 aliphatic carbocycles. The van der Waals surface area contributed by atoms with Gasteiger partial charge < -0.3 is 10.6 Å². The van der Waals surface area contributed by atoms with Crippen molar-refractivity contribution in [2.75, 3.05) is 13.1 Å². The number of hydrogen-bond acceptors (Lipinski definition) is 2. The second-order valence-corrected chi connectivity index (χ2v) is 5.21. The van der Waals surface area contributed by atoms with Gasteiger partial charge in [-0.1, -0.05) is 32.6 Å². The Morgan fingerprint density at radius 1 is 1.24 bits per heavy atom. The number of nitrogens with one attached hydrogen (secondary N) is 2. The average molecular weight is 240 g/mol. The molecule has 0 unspecified atom stereocenters. The van der Waals surface area contributed by atoms with E-state index in [4.69, 9.17) is 0 Å². The van der Waals surface area contributed by atoms with Gasteiger partial charge in [0.05, 0.1) is 0 Å². The highest BCUT2D eigenvalue weighted by Crippen LogP contribution is 2.25. The van der Waals surface area contributed by atoms with E-state index in [1.54, 1.807) is 0 Å². The summed E-state index contributed by atoms with van der Waals surface area (Å²) in [5.41, 5.74) is 0. The monoisotopic (exact) mass is 240 g/mol. The zero-order chi connectivity index (χ0) is 12.5. The van der Waals surface area contributed by atoms with Gasteiger partial charge in [0.2, 0.25) is 5.91 Å². The lowest BCUT2D eigenvalue weighted by molar-refractivity contribution is -0.122. The van der Waals surface area contributed by atoms with Crippen molar-refractivity contribution >= 4 is 5.91 Å². The Kier molecular flexibility index (Phi) is 7.25. The summed E-state index contributed by atoms with van der Waals surface area (Å²) in [5, 5.41) is 6.34. The SMILES string of the molecule is CCNCCC(=O)N[C@H](C)C1CCCCCC1. The Morgan fingerprint density at radius 2 is 1.88 bits per heavy atom. The van der Waals surface area contributed by atoms with Crippen LogP contribution in [-0.4, -0.2) is 25.0 Å². The molecule has 3 heteroatoms. The second-order valence-electron chi connectivity index (χ2n) is 5.21. The smallest absolute Gasteiger partial charge is 0.221 e. The molecule has 2 N–H and O–H groups in total. The van der Waals surface area contributed by atoms with Crippen LogP contribution in [-0.2, 0) is 4.79 Å². The van der Waals surface area contributed by atoms with Crippen LogP contribution in [0.15, 0.2) is 0 Å². The van der Waals surface area contributed by atoms with Crippen molar-refractivity contribution < 1.29 is 4.79 Å². The van der Waals surface area contributed by atoms with E-state index in [0.717, 1.165) is 13.1 Å². The first kappa shape index (κ1) is 14.5. The molecule has 0 spiro atoms. The summed E-state index contributed by atoms with van der Waals surface area (Å²) >= 11 is 0. The molecule has 0 heterocycles. The van der Waals surface area contributed by atoms with Gasteiger partial charge in [0.25, 0.3) is 0 Å². The van der Waals surface area contributed by atoms with Crippen LogP contribution in [0.3, 0.4) is 0 Å². The molecular formula is C14H28N2O. The molecule has 0 bridgehead atoms. The Labute approximate surface area is 106 Å². The van der Waals surface area contributed by atoms with Gasteiger partial charge in [-0.15, -0.1) is 0 Å². The van der Waals surface area contributed by atoms with E-state index in [2.05, 4.69) is 24.5 Å². The molecule has 1 fully saturated rings. The first-order chi connectivity index (χ1) is 8.24. The molecule has 1 atom stereocenters. The van der Waals surface area contributed by atoms with Crippen molar-refractivity contribution in [2.45, 2.75) is 64.8 Å². The van der Waals surface area contributed by atoms with Crippen LogP contribution in [0.1, 0.15) is 58.8 Å².